The van der Waals surface area contributed by atoms with Crippen molar-refractivity contribution in [1.29, 1.82) is 0 Å². The maximum absolute atomic E-state index is 15.0. The molecule has 0 bridgehead atoms. The number of carboxylic acid groups (broad SMARTS) is 1. The fourth-order valence-electron chi connectivity index (χ4n) is 3.93. The summed E-state index contributed by atoms with van der Waals surface area (Å²) in [6, 6.07) is 0.217. The van der Waals surface area contributed by atoms with E-state index in [1.54, 1.807) is 6.92 Å². The van der Waals surface area contributed by atoms with Gasteiger partial charge in [-0.1, -0.05) is 0 Å². The van der Waals surface area contributed by atoms with Crippen LogP contribution >= 0.6 is 0 Å². The lowest BCUT2D eigenvalue weighted by Gasteiger charge is -2.31. The van der Waals surface area contributed by atoms with E-state index in [2.05, 4.69) is 0 Å². The van der Waals surface area contributed by atoms with Gasteiger partial charge in [-0.3, -0.25) is 9.36 Å². The molecule has 1 saturated heterocycles. The van der Waals surface area contributed by atoms with E-state index in [-0.39, 0.29) is 55.0 Å². The van der Waals surface area contributed by atoms with Crippen LogP contribution in [0, 0.1) is 11.6 Å². The quantitative estimate of drug-likeness (QED) is 0.820. The predicted molar refractivity (Wildman–Crippen MR) is 95.0 cm³/mol. The molecule has 1 aromatic heterocycles. The summed E-state index contributed by atoms with van der Waals surface area (Å²) in [6.45, 7) is 1.15. The zero-order valence-electron chi connectivity index (χ0n) is 15.0. The highest BCUT2D eigenvalue weighted by Gasteiger charge is 2.41. The fourth-order valence-corrected chi connectivity index (χ4v) is 3.93. The first kappa shape index (κ1) is 18.6. The molecule has 0 spiro atoms. The third kappa shape index (κ3) is 2.47. The number of benzene rings is 1. The smallest absolute Gasteiger partial charge is 0.341 e. The highest BCUT2D eigenvalue weighted by Crippen LogP contribution is 2.45. The first-order valence-corrected chi connectivity index (χ1v) is 8.78. The van der Waals surface area contributed by atoms with E-state index in [4.69, 9.17) is 10.5 Å². The molecule has 3 heterocycles. The first-order valence-electron chi connectivity index (χ1n) is 8.78. The van der Waals surface area contributed by atoms with Crippen molar-refractivity contribution in [3.05, 3.63) is 33.6 Å². The van der Waals surface area contributed by atoms with Gasteiger partial charge >= 0.3 is 5.97 Å². The lowest BCUT2D eigenvalue weighted by molar-refractivity contribution is 0.0694. The Morgan fingerprint density at radius 2 is 2.14 bits per heavy atom. The number of nitrogens with zero attached hydrogens (tertiary/aromatic N) is 2. The van der Waals surface area contributed by atoms with Crippen molar-refractivity contribution in [3.8, 4) is 5.75 Å². The van der Waals surface area contributed by atoms with E-state index in [0.717, 1.165) is 10.6 Å². The van der Waals surface area contributed by atoms with Crippen molar-refractivity contribution in [1.82, 2.24) is 4.57 Å². The summed E-state index contributed by atoms with van der Waals surface area (Å²) in [7, 11) is 0. The largest absolute Gasteiger partial charge is 0.487 e. The summed E-state index contributed by atoms with van der Waals surface area (Å²) in [5, 5.41) is 8.90. The normalized spacial score (nSPS) is 23.9. The Hall–Kier alpha value is -2.75. The lowest BCUT2D eigenvalue weighted by atomic mass is 10.0. The molecule has 10 heteroatoms. The summed E-state index contributed by atoms with van der Waals surface area (Å²) in [5.41, 5.74) is 1.91. The van der Waals surface area contributed by atoms with Crippen LogP contribution < -0.4 is 20.9 Å². The summed E-state index contributed by atoms with van der Waals surface area (Å²) in [4.78, 5) is 25.4. The number of aromatic carboxylic acids is 1. The Morgan fingerprint density at radius 1 is 1.43 bits per heavy atom. The van der Waals surface area contributed by atoms with Crippen LogP contribution in [0.1, 0.15) is 29.7 Å². The van der Waals surface area contributed by atoms with E-state index in [1.165, 1.54) is 4.90 Å². The summed E-state index contributed by atoms with van der Waals surface area (Å²) < 4.78 is 51.2. The molecule has 1 fully saturated rings. The van der Waals surface area contributed by atoms with Gasteiger partial charge in [0.05, 0.1) is 18.1 Å². The van der Waals surface area contributed by atoms with Crippen molar-refractivity contribution >= 4 is 22.6 Å². The standard InChI is InChI=1S/C18H18F3N3O4/c1-8-5-28-15-13-9(4-10(17(26)27)16(25)24(8)13)11(19)12(20)14(15)23-3-2-18(21,6-22)7-23/h4,8H,2-3,5-7,22H2,1H3,(H,26,27)/t8-,18?/m0/s1. The molecular formula is C18H18F3N3O4. The zero-order chi connectivity index (χ0) is 20.4. The molecule has 4 rings (SSSR count). The van der Waals surface area contributed by atoms with Crippen molar-refractivity contribution in [2.45, 2.75) is 25.1 Å². The molecule has 2 aliphatic heterocycles. The molecular weight excluding hydrogens is 379 g/mol. The number of aromatic nitrogens is 1. The van der Waals surface area contributed by atoms with E-state index in [1.807, 2.05) is 0 Å². The van der Waals surface area contributed by atoms with Crippen molar-refractivity contribution in [2.75, 3.05) is 31.1 Å². The Morgan fingerprint density at radius 3 is 2.75 bits per heavy atom. The molecule has 0 radical (unpaired) electrons. The third-order valence-electron chi connectivity index (χ3n) is 5.43. The van der Waals surface area contributed by atoms with Gasteiger partial charge in [0.2, 0.25) is 0 Å². The highest BCUT2D eigenvalue weighted by atomic mass is 19.2. The van der Waals surface area contributed by atoms with Gasteiger partial charge < -0.3 is 20.5 Å². The van der Waals surface area contributed by atoms with Crippen molar-refractivity contribution in [3.63, 3.8) is 0 Å². The lowest BCUT2D eigenvalue weighted by Crippen LogP contribution is -2.38. The van der Waals surface area contributed by atoms with E-state index < -0.39 is 40.4 Å². The second-order valence-corrected chi connectivity index (χ2v) is 7.29. The Bertz CT molecular complexity index is 1070. The maximum Gasteiger partial charge on any atom is 0.341 e. The number of anilines is 1. The number of carboxylic acids is 1. The number of nitrogens with two attached hydrogens (primary N) is 1. The van der Waals surface area contributed by atoms with Crippen molar-refractivity contribution in [2.24, 2.45) is 5.73 Å². The molecule has 0 saturated carbocycles. The molecule has 2 atom stereocenters. The Balaban J connectivity index is 2.06. The van der Waals surface area contributed by atoms with Crippen molar-refractivity contribution < 1.29 is 27.8 Å². The minimum Gasteiger partial charge on any atom is -0.487 e. The number of ether oxygens (including phenoxy) is 1. The predicted octanol–water partition coefficient (Wildman–Crippen LogP) is 1.81. The van der Waals surface area contributed by atoms with E-state index >= 15 is 0 Å². The number of carbonyl (C=O) groups is 1. The van der Waals surface area contributed by atoms with Gasteiger partial charge in [-0.05, 0) is 13.0 Å². The number of hydrogen-bond donors (Lipinski definition) is 2. The van der Waals surface area contributed by atoms with Crippen LogP contribution in [-0.2, 0) is 0 Å². The second kappa shape index (κ2) is 6.13. The van der Waals surface area contributed by atoms with Gasteiger partial charge in [0, 0.05) is 24.9 Å². The van der Waals surface area contributed by atoms with Crippen LogP contribution in [0.5, 0.6) is 5.75 Å². The average molecular weight is 397 g/mol. The zero-order valence-corrected chi connectivity index (χ0v) is 15.0. The van der Waals surface area contributed by atoms with Crippen LogP contribution in [0.2, 0.25) is 0 Å². The molecule has 1 unspecified atom stereocenters. The first-order chi connectivity index (χ1) is 13.2. The molecule has 2 aliphatic rings. The van der Waals surface area contributed by atoms with Crippen LogP contribution in [0.25, 0.3) is 10.9 Å². The second-order valence-electron chi connectivity index (χ2n) is 7.29. The molecule has 1 aromatic carbocycles. The molecule has 3 N–H and O–H groups in total. The number of alkyl halides is 1. The van der Waals surface area contributed by atoms with Crippen LogP contribution in [0.15, 0.2) is 10.9 Å². The number of halogens is 3. The topological polar surface area (TPSA) is 97.8 Å². The van der Waals surface area contributed by atoms with E-state index in [9.17, 15) is 27.9 Å². The molecule has 0 aliphatic carbocycles. The molecule has 2 aromatic rings. The summed E-state index contributed by atoms with van der Waals surface area (Å²) >= 11 is 0. The number of pyridine rings is 1. The van der Waals surface area contributed by atoms with Gasteiger partial charge in [0.15, 0.2) is 17.4 Å². The van der Waals surface area contributed by atoms with Gasteiger partial charge in [-0.25, -0.2) is 18.0 Å². The number of rotatable bonds is 3. The summed E-state index contributed by atoms with van der Waals surface area (Å²) in [5.74, 6) is -4.22. The summed E-state index contributed by atoms with van der Waals surface area (Å²) in [6.07, 6.45) is 0.0448. The molecule has 7 nitrogen and oxygen atoms in total. The Kier molecular flexibility index (Phi) is 4.07. The Labute approximate surface area is 157 Å². The van der Waals surface area contributed by atoms with Crippen LogP contribution in [0.3, 0.4) is 0 Å². The fraction of sp³-hybridized carbons (Fsp3) is 0.444. The minimum absolute atomic E-state index is 0.0354. The van der Waals surface area contributed by atoms with Gasteiger partial charge in [0.1, 0.15) is 23.5 Å². The molecule has 150 valence electrons. The van der Waals surface area contributed by atoms with Gasteiger partial charge in [-0.2, -0.15) is 0 Å². The third-order valence-corrected chi connectivity index (χ3v) is 5.43. The van der Waals surface area contributed by atoms with Crippen LogP contribution in [0.4, 0.5) is 18.9 Å². The van der Waals surface area contributed by atoms with Gasteiger partial charge in [-0.15, -0.1) is 0 Å². The molecule has 0 amide bonds. The average Bonchev–Trinajstić information content (AvgIpc) is 3.04. The minimum atomic E-state index is -1.74. The van der Waals surface area contributed by atoms with Crippen LogP contribution in [-0.4, -0.2) is 47.6 Å². The maximum atomic E-state index is 15.0. The monoisotopic (exact) mass is 397 g/mol. The highest BCUT2D eigenvalue weighted by molar-refractivity contribution is 5.97. The number of hydrogen-bond acceptors (Lipinski definition) is 5. The molecule has 28 heavy (non-hydrogen) atoms. The van der Waals surface area contributed by atoms with E-state index in [0.29, 0.717) is 0 Å². The SMILES string of the molecule is C[C@H]1COc2c(N3CCC(F)(CN)C3)c(F)c(F)c3cc(C(=O)O)c(=O)n1c23. The van der Waals surface area contributed by atoms with Gasteiger partial charge in [0.25, 0.3) is 5.56 Å².